The van der Waals surface area contributed by atoms with Crippen LogP contribution < -0.4 is 10.2 Å². The van der Waals surface area contributed by atoms with E-state index in [2.05, 4.69) is 19.9 Å². The molecule has 6 rings (SSSR count). The number of carbonyl (C=O) groups excluding carboxylic acids is 3. The number of nitrogens with zero attached hydrogens (tertiary/aromatic N) is 7. The average Bonchev–Trinajstić information content (AvgIpc) is 3.70. The molecule has 12 heteroatoms. The molecule has 3 fully saturated rings. The van der Waals surface area contributed by atoms with E-state index < -0.39 is 5.60 Å². The first kappa shape index (κ1) is 29.8. The van der Waals surface area contributed by atoms with Gasteiger partial charge in [-0.05, 0) is 64.7 Å². The molecule has 0 bridgehead atoms. The number of rotatable bonds is 5. The van der Waals surface area contributed by atoms with E-state index >= 15 is 0 Å². The lowest BCUT2D eigenvalue weighted by molar-refractivity contribution is -0.118. The Morgan fingerprint density at radius 1 is 1.07 bits per heavy atom. The van der Waals surface area contributed by atoms with Gasteiger partial charge >= 0.3 is 6.09 Å². The molecular weight excluding hydrogens is 560 g/mol. The summed E-state index contributed by atoms with van der Waals surface area (Å²) in [7, 11) is 3.52. The molecule has 234 valence electrons. The van der Waals surface area contributed by atoms with Gasteiger partial charge in [0.1, 0.15) is 22.8 Å². The first-order valence-electron chi connectivity index (χ1n) is 15.5. The highest BCUT2D eigenvalue weighted by molar-refractivity contribution is 5.98. The van der Waals surface area contributed by atoms with Crippen LogP contribution in [0.5, 0.6) is 0 Å². The summed E-state index contributed by atoms with van der Waals surface area (Å²) >= 11 is 0. The van der Waals surface area contributed by atoms with Crippen LogP contribution in [0.15, 0.2) is 30.6 Å². The van der Waals surface area contributed by atoms with E-state index in [9.17, 15) is 14.4 Å². The first-order valence-corrected chi connectivity index (χ1v) is 15.5. The van der Waals surface area contributed by atoms with E-state index in [1.165, 1.54) is 0 Å². The third-order valence-electron chi connectivity index (χ3n) is 8.99. The second-order valence-corrected chi connectivity index (χ2v) is 13.7. The number of ether oxygens (including phenoxy) is 1. The van der Waals surface area contributed by atoms with Gasteiger partial charge in [-0.2, -0.15) is 4.98 Å². The van der Waals surface area contributed by atoms with E-state index in [1.54, 1.807) is 41.2 Å². The normalized spacial score (nSPS) is 18.8. The van der Waals surface area contributed by atoms with Crippen molar-refractivity contribution in [2.75, 3.05) is 43.9 Å². The molecule has 2 saturated heterocycles. The highest BCUT2D eigenvalue weighted by Gasteiger charge is 2.46. The largest absolute Gasteiger partial charge is 0.444 e. The number of piperidine rings is 1. The van der Waals surface area contributed by atoms with Gasteiger partial charge in [-0.3, -0.25) is 9.59 Å². The molecule has 3 aliphatic rings. The molecule has 5 heterocycles. The summed E-state index contributed by atoms with van der Waals surface area (Å²) in [5.74, 6) is 0.979. The Bertz CT molecular complexity index is 1560. The number of carbonyl (C=O) groups is 3. The fourth-order valence-electron chi connectivity index (χ4n) is 6.68. The van der Waals surface area contributed by atoms with Gasteiger partial charge in [0, 0.05) is 63.2 Å². The Kier molecular flexibility index (Phi) is 7.71. The lowest BCUT2D eigenvalue weighted by Gasteiger charge is -2.39. The smallest absolute Gasteiger partial charge is 0.410 e. The molecule has 1 aliphatic carbocycles. The van der Waals surface area contributed by atoms with Gasteiger partial charge in [0.05, 0.1) is 11.9 Å². The minimum Gasteiger partial charge on any atom is -0.444 e. The van der Waals surface area contributed by atoms with Crippen LogP contribution in [0.3, 0.4) is 0 Å². The van der Waals surface area contributed by atoms with Crippen molar-refractivity contribution in [3.05, 3.63) is 36.3 Å². The fourth-order valence-corrected chi connectivity index (χ4v) is 6.68. The predicted octanol–water partition coefficient (Wildman–Crippen LogP) is 5.14. The number of pyridine rings is 1. The number of aromatic nitrogens is 4. The first-order chi connectivity index (χ1) is 20.9. The molecule has 0 atom stereocenters. The van der Waals surface area contributed by atoms with Crippen molar-refractivity contribution in [3.8, 4) is 0 Å². The van der Waals surface area contributed by atoms with Crippen molar-refractivity contribution in [2.45, 2.75) is 77.4 Å². The van der Waals surface area contributed by atoms with E-state index in [1.807, 2.05) is 39.0 Å². The topological polar surface area (TPSA) is 126 Å². The van der Waals surface area contributed by atoms with E-state index in [4.69, 9.17) is 9.72 Å². The lowest BCUT2D eigenvalue weighted by Crippen LogP contribution is -2.46. The van der Waals surface area contributed by atoms with Crippen LogP contribution in [-0.4, -0.2) is 86.6 Å². The van der Waals surface area contributed by atoms with Gasteiger partial charge in [0.2, 0.25) is 11.9 Å². The van der Waals surface area contributed by atoms with E-state index in [0.29, 0.717) is 43.5 Å². The number of likely N-dealkylation sites (tertiary alicyclic amines) is 1. The standard InChI is InChI=1S/C32H42N8O4/c1-31(2,3)44-30(43)38-14-12-32(13-15-38)17-26(41)39(20-32)23-10-11-25(33-19-23)35-29-34-18-21-16-24(28(42)37(4)5)40(27(21)36-29)22-8-6-7-9-22/h10-11,16,18-19,22H,6-9,12-15,17,20H2,1-5H3,(H,33,34,35,36). The highest BCUT2D eigenvalue weighted by atomic mass is 16.6. The molecule has 3 aromatic rings. The Balaban J connectivity index is 1.14. The summed E-state index contributed by atoms with van der Waals surface area (Å²) < 4.78 is 7.62. The molecule has 1 N–H and O–H groups in total. The summed E-state index contributed by atoms with van der Waals surface area (Å²) in [6.45, 7) is 7.36. The Morgan fingerprint density at radius 2 is 1.80 bits per heavy atom. The van der Waals surface area contributed by atoms with E-state index in [-0.39, 0.29) is 29.4 Å². The quantitative estimate of drug-likeness (QED) is 0.426. The van der Waals surface area contributed by atoms with Crippen LogP contribution in [0.25, 0.3) is 11.0 Å². The molecule has 1 saturated carbocycles. The van der Waals surface area contributed by atoms with Crippen LogP contribution >= 0.6 is 0 Å². The van der Waals surface area contributed by atoms with Gasteiger partial charge in [0.15, 0.2) is 0 Å². The number of hydrogen-bond acceptors (Lipinski definition) is 8. The van der Waals surface area contributed by atoms with Gasteiger partial charge in [-0.15, -0.1) is 0 Å². The molecule has 44 heavy (non-hydrogen) atoms. The van der Waals surface area contributed by atoms with Crippen LogP contribution in [-0.2, 0) is 9.53 Å². The number of fused-ring (bicyclic) bond motifs is 1. The van der Waals surface area contributed by atoms with Crippen molar-refractivity contribution in [2.24, 2.45) is 5.41 Å². The van der Waals surface area contributed by atoms with Crippen molar-refractivity contribution < 1.29 is 19.1 Å². The Morgan fingerprint density at radius 3 is 2.43 bits per heavy atom. The zero-order valence-corrected chi connectivity index (χ0v) is 26.3. The van der Waals surface area contributed by atoms with Crippen molar-refractivity contribution >= 4 is 46.4 Å². The highest BCUT2D eigenvalue weighted by Crippen LogP contribution is 2.43. The van der Waals surface area contributed by atoms with Gasteiger partial charge in [0.25, 0.3) is 5.91 Å². The molecule has 3 aromatic heterocycles. The van der Waals surface area contributed by atoms with Crippen LogP contribution in [0, 0.1) is 5.41 Å². The minimum absolute atomic E-state index is 0.0477. The third-order valence-corrected chi connectivity index (χ3v) is 8.99. The number of nitrogens with one attached hydrogen (secondary N) is 1. The molecular formula is C32H42N8O4. The van der Waals surface area contributed by atoms with Crippen molar-refractivity contribution in [1.82, 2.24) is 29.3 Å². The summed E-state index contributed by atoms with van der Waals surface area (Å²) in [5.41, 5.74) is 1.42. The molecule has 12 nitrogen and oxygen atoms in total. The summed E-state index contributed by atoms with van der Waals surface area (Å²) in [4.78, 5) is 57.6. The van der Waals surface area contributed by atoms with Gasteiger partial charge in [-0.1, -0.05) is 12.8 Å². The molecule has 0 unspecified atom stereocenters. The Labute approximate surface area is 257 Å². The van der Waals surface area contributed by atoms with Gasteiger partial charge in [-0.25, -0.2) is 14.8 Å². The lowest BCUT2D eigenvalue weighted by atomic mass is 9.78. The second kappa shape index (κ2) is 11.4. The predicted molar refractivity (Wildman–Crippen MR) is 167 cm³/mol. The van der Waals surface area contributed by atoms with E-state index in [0.717, 1.165) is 55.2 Å². The minimum atomic E-state index is -0.532. The molecule has 0 radical (unpaired) electrons. The SMILES string of the molecule is CN(C)C(=O)c1cc2cnc(Nc3ccc(N4CC5(CCN(C(=O)OC(C)(C)C)CC5)CC4=O)cn3)nc2n1C1CCCC1. The monoisotopic (exact) mass is 602 g/mol. The zero-order chi connectivity index (χ0) is 31.2. The molecule has 1 spiro atoms. The number of anilines is 3. The van der Waals surface area contributed by atoms with Crippen LogP contribution in [0.2, 0.25) is 0 Å². The maximum Gasteiger partial charge on any atom is 0.410 e. The molecule has 0 aromatic carbocycles. The van der Waals surface area contributed by atoms with Crippen molar-refractivity contribution in [3.63, 3.8) is 0 Å². The molecule has 2 aliphatic heterocycles. The van der Waals surface area contributed by atoms with Crippen LogP contribution in [0.4, 0.5) is 22.2 Å². The van der Waals surface area contributed by atoms with Crippen molar-refractivity contribution in [1.29, 1.82) is 0 Å². The third kappa shape index (κ3) is 5.94. The second-order valence-electron chi connectivity index (χ2n) is 13.7. The number of hydrogen-bond donors (Lipinski definition) is 1. The Hall–Kier alpha value is -4.22. The summed E-state index contributed by atoms with van der Waals surface area (Å²) in [5, 5.41) is 4.03. The molecule has 3 amide bonds. The van der Waals surface area contributed by atoms with Crippen LogP contribution in [0.1, 0.15) is 82.2 Å². The zero-order valence-electron chi connectivity index (χ0n) is 26.3. The maximum atomic E-state index is 13.1. The number of amides is 3. The average molecular weight is 603 g/mol. The maximum absolute atomic E-state index is 13.1. The van der Waals surface area contributed by atoms with Gasteiger partial charge < -0.3 is 29.3 Å². The fraction of sp³-hybridized carbons (Fsp3) is 0.562. The summed E-state index contributed by atoms with van der Waals surface area (Å²) in [6, 6.07) is 5.82. The summed E-state index contributed by atoms with van der Waals surface area (Å²) in [6.07, 6.45) is 9.43.